The Morgan fingerprint density at radius 3 is 2.42 bits per heavy atom. The van der Waals surface area contributed by atoms with Crippen molar-refractivity contribution >= 4 is 54.0 Å². The third-order valence-corrected chi connectivity index (χ3v) is 4.41. The van der Waals surface area contributed by atoms with E-state index in [1.807, 2.05) is 32.1 Å². The number of fused-ring (bicyclic) bond motifs is 3. The van der Waals surface area contributed by atoms with Gasteiger partial charge in [0.05, 0.1) is 17.1 Å². The quantitative estimate of drug-likeness (QED) is 0.489. The molecule has 0 fully saturated rings. The molecule has 128 valence electrons. The maximum Gasteiger partial charge on any atom is 0.146 e. The summed E-state index contributed by atoms with van der Waals surface area (Å²) in [5.74, 6) is 0. The van der Waals surface area contributed by atoms with Gasteiger partial charge in [0.2, 0.25) is 0 Å². The highest BCUT2D eigenvalue weighted by molar-refractivity contribution is 6.33. The zero-order chi connectivity index (χ0) is 18.7. The number of imidazole rings is 1. The van der Waals surface area contributed by atoms with Gasteiger partial charge in [-0.15, -0.1) is 0 Å². The van der Waals surface area contributed by atoms with Gasteiger partial charge >= 0.3 is 0 Å². The summed E-state index contributed by atoms with van der Waals surface area (Å²) >= 11 is 0. The van der Waals surface area contributed by atoms with Crippen LogP contribution < -0.4 is 5.46 Å². The summed E-state index contributed by atoms with van der Waals surface area (Å²) in [6.07, 6.45) is 16.0. The number of rotatable bonds is 5. The molecular weight excluding hydrogens is 315 g/mol. The molecule has 0 aliphatic heterocycles. The van der Waals surface area contributed by atoms with Crippen LogP contribution in [0.3, 0.4) is 0 Å². The molecule has 1 aromatic carbocycles. The first kappa shape index (κ1) is 17.7. The molecule has 2 aromatic heterocycles. The Kier molecular flexibility index (Phi) is 5.08. The van der Waals surface area contributed by atoms with Crippen molar-refractivity contribution in [1.82, 2.24) is 9.38 Å². The summed E-state index contributed by atoms with van der Waals surface area (Å²) < 4.78 is 2.20. The van der Waals surface area contributed by atoms with Crippen molar-refractivity contribution in [3.8, 4) is 0 Å². The van der Waals surface area contributed by atoms with Crippen LogP contribution in [-0.2, 0) is 0 Å². The van der Waals surface area contributed by atoms with Crippen molar-refractivity contribution in [2.45, 2.75) is 13.8 Å². The lowest BCUT2D eigenvalue weighted by atomic mass is 9.92. The maximum absolute atomic E-state index is 4.93. The lowest BCUT2D eigenvalue weighted by Crippen LogP contribution is -2.04. The molecule has 26 heavy (non-hydrogen) atoms. The van der Waals surface area contributed by atoms with E-state index in [2.05, 4.69) is 67.9 Å². The predicted octanol–water partition coefficient (Wildman–Crippen LogP) is 4.65. The van der Waals surface area contributed by atoms with Gasteiger partial charge in [-0.3, -0.25) is 4.40 Å². The van der Waals surface area contributed by atoms with E-state index in [4.69, 9.17) is 4.98 Å². The molecule has 0 spiro atoms. The van der Waals surface area contributed by atoms with Crippen molar-refractivity contribution in [2.24, 2.45) is 0 Å². The summed E-state index contributed by atoms with van der Waals surface area (Å²) in [5.41, 5.74) is 6.34. The number of allylic oxidation sites excluding steroid dienone is 4. The lowest BCUT2D eigenvalue weighted by molar-refractivity contribution is 1.15. The predicted molar refractivity (Wildman–Crippen MR) is 120 cm³/mol. The van der Waals surface area contributed by atoms with E-state index in [0.717, 1.165) is 28.1 Å². The summed E-state index contributed by atoms with van der Waals surface area (Å²) in [6.45, 7) is 11.9. The number of hydrogen-bond acceptors (Lipinski definition) is 1. The van der Waals surface area contributed by atoms with Gasteiger partial charge in [-0.05, 0) is 37.5 Å². The van der Waals surface area contributed by atoms with E-state index in [1.54, 1.807) is 6.08 Å². The normalized spacial score (nSPS) is 12.2. The fourth-order valence-corrected chi connectivity index (χ4v) is 3.35. The fraction of sp³-hybridized carbons (Fsp3) is 0.0870. The fourth-order valence-electron chi connectivity index (χ4n) is 3.35. The molecule has 0 saturated carbocycles. The van der Waals surface area contributed by atoms with E-state index >= 15 is 0 Å². The minimum absolute atomic E-state index is 0.895. The minimum Gasteiger partial charge on any atom is -0.292 e. The van der Waals surface area contributed by atoms with Crippen LogP contribution in [0.2, 0.25) is 0 Å². The highest BCUT2D eigenvalue weighted by Gasteiger charge is 2.17. The molecule has 0 unspecified atom stereocenters. The highest BCUT2D eigenvalue weighted by Crippen LogP contribution is 2.31. The van der Waals surface area contributed by atoms with Crippen LogP contribution in [0.5, 0.6) is 0 Å². The SMILES string of the molecule is Bc1ccc2c(/C=C\C)c(/C=C\C)n3c(C=C)c(/C=C\C=C)nc3c2c1. The second-order valence-electron chi connectivity index (χ2n) is 6.19. The van der Waals surface area contributed by atoms with Gasteiger partial charge in [-0.25, -0.2) is 4.98 Å². The van der Waals surface area contributed by atoms with Gasteiger partial charge in [0.15, 0.2) is 0 Å². The molecule has 0 atom stereocenters. The number of nitrogens with zero attached hydrogens (tertiary/aromatic N) is 2. The van der Waals surface area contributed by atoms with Crippen molar-refractivity contribution < 1.29 is 0 Å². The first-order valence-corrected chi connectivity index (χ1v) is 8.82. The van der Waals surface area contributed by atoms with Crippen molar-refractivity contribution in [2.75, 3.05) is 0 Å². The van der Waals surface area contributed by atoms with E-state index < -0.39 is 0 Å². The summed E-state index contributed by atoms with van der Waals surface area (Å²) in [4.78, 5) is 4.93. The maximum atomic E-state index is 4.93. The molecule has 0 aliphatic carbocycles. The van der Waals surface area contributed by atoms with E-state index in [0.29, 0.717) is 0 Å². The van der Waals surface area contributed by atoms with Crippen LogP contribution in [-0.4, -0.2) is 17.2 Å². The standard InChI is InChI=1S/C23H23BN2/c1-5-9-12-20-21(8-4)26-22(11-7-3)18(10-6-2)17-14-13-16(24)15-19(17)23(26)25-20/h5-15H,1,4,24H2,2-3H3/b10-6-,11-7-,12-9-. The minimum atomic E-state index is 0.895. The molecule has 0 bridgehead atoms. The van der Waals surface area contributed by atoms with E-state index in [9.17, 15) is 0 Å². The Labute approximate surface area is 156 Å². The smallest absolute Gasteiger partial charge is 0.146 e. The summed E-state index contributed by atoms with van der Waals surface area (Å²) in [5, 5.41) is 2.35. The second kappa shape index (κ2) is 7.44. The Hall–Kier alpha value is -3.07. The topological polar surface area (TPSA) is 17.3 Å². The summed E-state index contributed by atoms with van der Waals surface area (Å²) in [7, 11) is 2.11. The molecular formula is C23H23BN2. The Bertz CT molecular complexity index is 1090. The monoisotopic (exact) mass is 338 g/mol. The molecule has 0 aliphatic rings. The number of aromatic nitrogens is 2. The van der Waals surface area contributed by atoms with Crippen molar-refractivity contribution in [1.29, 1.82) is 0 Å². The zero-order valence-electron chi connectivity index (χ0n) is 15.7. The first-order valence-electron chi connectivity index (χ1n) is 8.82. The van der Waals surface area contributed by atoms with Crippen LogP contribution in [0.25, 0.3) is 40.7 Å². The third-order valence-electron chi connectivity index (χ3n) is 4.41. The van der Waals surface area contributed by atoms with E-state index in [1.165, 1.54) is 16.4 Å². The van der Waals surface area contributed by atoms with Crippen LogP contribution in [0, 0.1) is 0 Å². The van der Waals surface area contributed by atoms with E-state index in [-0.39, 0.29) is 0 Å². The molecule has 2 heterocycles. The molecule has 0 radical (unpaired) electrons. The number of hydrogen-bond donors (Lipinski definition) is 0. The Balaban J connectivity index is 2.63. The largest absolute Gasteiger partial charge is 0.292 e. The van der Waals surface area contributed by atoms with Gasteiger partial charge in [-0.2, -0.15) is 0 Å². The Morgan fingerprint density at radius 1 is 1.00 bits per heavy atom. The zero-order valence-corrected chi connectivity index (χ0v) is 15.7. The number of pyridine rings is 1. The average molecular weight is 338 g/mol. The highest BCUT2D eigenvalue weighted by atomic mass is 15.0. The van der Waals surface area contributed by atoms with Gasteiger partial charge in [-0.1, -0.05) is 67.2 Å². The molecule has 0 amide bonds. The van der Waals surface area contributed by atoms with Crippen LogP contribution in [0.15, 0.2) is 55.7 Å². The average Bonchev–Trinajstić information content (AvgIpc) is 3.01. The molecule has 0 N–H and O–H groups in total. The van der Waals surface area contributed by atoms with Gasteiger partial charge < -0.3 is 0 Å². The molecule has 3 heteroatoms. The van der Waals surface area contributed by atoms with Gasteiger partial charge in [0, 0.05) is 10.9 Å². The lowest BCUT2D eigenvalue weighted by Gasteiger charge is -2.13. The molecule has 3 rings (SSSR count). The van der Waals surface area contributed by atoms with Crippen molar-refractivity contribution in [3.63, 3.8) is 0 Å². The van der Waals surface area contributed by atoms with Gasteiger partial charge in [0.25, 0.3) is 0 Å². The molecule has 0 saturated heterocycles. The van der Waals surface area contributed by atoms with Crippen LogP contribution >= 0.6 is 0 Å². The molecule has 3 aromatic rings. The van der Waals surface area contributed by atoms with Crippen LogP contribution in [0.1, 0.15) is 36.5 Å². The Morgan fingerprint density at radius 2 is 1.77 bits per heavy atom. The number of benzene rings is 1. The molecule has 2 nitrogen and oxygen atoms in total. The third kappa shape index (κ3) is 2.86. The van der Waals surface area contributed by atoms with Gasteiger partial charge in [0.1, 0.15) is 13.5 Å². The second-order valence-corrected chi connectivity index (χ2v) is 6.19. The first-order chi connectivity index (χ1) is 12.7. The van der Waals surface area contributed by atoms with Crippen molar-refractivity contribution in [3.05, 3.63) is 78.3 Å². The summed E-state index contributed by atoms with van der Waals surface area (Å²) in [6, 6.07) is 6.55. The van der Waals surface area contributed by atoms with Crippen LogP contribution in [0.4, 0.5) is 0 Å².